The molecule has 18 heavy (non-hydrogen) atoms. The zero-order chi connectivity index (χ0) is 12.4. The van der Waals surface area contributed by atoms with Crippen LogP contribution in [-0.2, 0) is 9.53 Å². The van der Waals surface area contributed by atoms with Gasteiger partial charge in [0.05, 0.1) is 0 Å². The monoisotopic (exact) mass is 245 g/mol. The molecule has 1 aliphatic carbocycles. The summed E-state index contributed by atoms with van der Waals surface area (Å²) in [5.41, 5.74) is 1.10. The van der Waals surface area contributed by atoms with E-state index in [0.717, 1.165) is 18.4 Å². The fourth-order valence-corrected chi connectivity index (χ4v) is 2.74. The van der Waals surface area contributed by atoms with Gasteiger partial charge in [0.1, 0.15) is 6.10 Å². The normalized spacial score (nSPS) is 27.8. The Morgan fingerprint density at radius 2 is 1.83 bits per heavy atom. The third-order valence-electron chi connectivity index (χ3n) is 3.83. The highest BCUT2D eigenvalue weighted by atomic mass is 16.6. The van der Waals surface area contributed by atoms with E-state index in [-0.39, 0.29) is 18.1 Å². The molecule has 2 atom stereocenters. The highest BCUT2D eigenvalue weighted by Crippen LogP contribution is 2.38. The molecule has 3 heteroatoms. The Bertz CT molecular complexity index is 412. The fraction of sp³-hybridized carbons (Fsp3) is 0.533. The van der Waals surface area contributed by atoms with E-state index < -0.39 is 0 Å². The van der Waals surface area contributed by atoms with E-state index >= 15 is 0 Å². The number of epoxide rings is 1. The summed E-state index contributed by atoms with van der Waals surface area (Å²) >= 11 is 0. The number of rotatable bonds is 3. The third-order valence-corrected chi connectivity index (χ3v) is 3.83. The first-order valence-electron chi connectivity index (χ1n) is 6.85. The van der Waals surface area contributed by atoms with E-state index in [1.54, 1.807) is 0 Å². The summed E-state index contributed by atoms with van der Waals surface area (Å²) in [7, 11) is 0. The Labute approximate surface area is 108 Å². The molecule has 3 nitrogen and oxygen atoms in total. The fourth-order valence-electron chi connectivity index (χ4n) is 2.74. The van der Waals surface area contributed by atoms with E-state index in [4.69, 9.17) is 4.74 Å². The van der Waals surface area contributed by atoms with Crippen LogP contribution in [0.4, 0.5) is 0 Å². The van der Waals surface area contributed by atoms with Crippen molar-refractivity contribution in [3.8, 4) is 0 Å². The maximum absolute atomic E-state index is 12.0. The van der Waals surface area contributed by atoms with Crippen LogP contribution in [0.1, 0.15) is 43.8 Å². The summed E-state index contributed by atoms with van der Waals surface area (Å²) in [6.07, 6.45) is 5.71. The molecule has 0 unspecified atom stereocenters. The number of nitrogens with one attached hydrogen (secondary N) is 1. The van der Waals surface area contributed by atoms with Gasteiger partial charge in [0.2, 0.25) is 0 Å². The predicted octanol–water partition coefficient (Wildman–Crippen LogP) is 2.58. The van der Waals surface area contributed by atoms with Crippen molar-refractivity contribution in [3.05, 3.63) is 35.9 Å². The number of ether oxygens (including phenoxy) is 1. The predicted molar refractivity (Wildman–Crippen MR) is 69.1 cm³/mol. The van der Waals surface area contributed by atoms with E-state index in [1.807, 2.05) is 30.3 Å². The first-order valence-corrected chi connectivity index (χ1v) is 6.85. The molecule has 2 aliphatic rings. The Hall–Kier alpha value is -1.35. The van der Waals surface area contributed by atoms with Gasteiger partial charge in [-0.3, -0.25) is 4.79 Å². The summed E-state index contributed by atoms with van der Waals surface area (Å²) < 4.78 is 5.49. The molecule has 1 aromatic rings. The lowest BCUT2D eigenvalue weighted by molar-refractivity contribution is -0.123. The summed E-state index contributed by atoms with van der Waals surface area (Å²) in [5.74, 6) is 0.0655. The molecule has 0 radical (unpaired) electrons. The number of amides is 1. The van der Waals surface area contributed by atoms with Gasteiger partial charge in [-0.2, -0.15) is 0 Å². The minimum Gasteiger partial charge on any atom is -0.354 e. The highest BCUT2D eigenvalue weighted by Gasteiger charge is 2.46. The van der Waals surface area contributed by atoms with Crippen molar-refractivity contribution in [1.82, 2.24) is 5.32 Å². The standard InChI is InChI=1S/C15H19NO2/c17-15(16-12-9-5-2-6-10-12)14-13(18-14)11-7-3-1-4-8-11/h1,3-4,7-8,12-14H,2,5-6,9-10H2,(H,16,17)/t13-,14-/m0/s1. The zero-order valence-electron chi connectivity index (χ0n) is 10.5. The van der Waals surface area contributed by atoms with Crippen molar-refractivity contribution >= 4 is 5.91 Å². The van der Waals surface area contributed by atoms with Crippen LogP contribution in [-0.4, -0.2) is 18.1 Å². The molecule has 0 spiro atoms. The van der Waals surface area contributed by atoms with Gasteiger partial charge in [-0.05, 0) is 18.4 Å². The molecule has 1 aliphatic heterocycles. The Morgan fingerprint density at radius 1 is 1.11 bits per heavy atom. The van der Waals surface area contributed by atoms with E-state index in [1.165, 1.54) is 19.3 Å². The van der Waals surface area contributed by atoms with Crippen molar-refractivity contribution in [1.29, 1.82) is 0 Å². The second-order valence-corrected chi connectivity index (χ2v) is 5.23. The van der Waals surface area contributed by atoms with Gasteiger partial charge in [-0.1, -0.05) is 49.6 Å². The van der Waals surface area contributed by atoms with Crippen molar-refractivity contribution in [2.45, 2.75) is 50.4 Å². The SMILES string of the molecule is O=C(NC1CCCCC1)[C@H]1O[C@H]1c1ccccc1. The molecule has 3 rings (SSSR count). The van der Waals surface area contributed by atoms with E-state index in [0.29, 0.717) is 6.04 Å². The Balaban J connectivity index is 1.53. The topological polar surface area (TPSA) is 41.6 Å². The Morgan fingerprint density at radius 3 is 2.56 bits per heavy atom. The number of hydrogen-bond donors (Lipinski definition) is 1. The van der Waals surface area contributed by atoms with Crippen molar-refractivity contribution < 1.29 is 9.53 Å². The van der Waals surface area contributed by atoms with Gasteiger partial charge < -0.3 is 10.1 Å². The largest absolute Gasteiger partial charge is 0.354 e. The molecule has 0 aromatic heterocycles. The van der Waals surface area contributed by atoms with Gasteiger partial charge in [-0.25, -0.2) is 0 Å². The molecular formula is C15H19NO2. The average molecular weight is 245 g/mol. The first kappa shape index (κ1) is 11.7. The van der Waals surface area contributed by atoms with Crippen LogP contribution >= 0.6 is 0 Å². The average Bonchev–Trinajstić information content (AvgIpc) is 3.21. The van der Waals surface area contributed by atoms with Gasteiger partial charge in [-0.15, -0.1) is 0 Å². The first-order chi connectivity index (χ1) is 8.84. The van der Waals surface area contributed by atoms with Crippen LogP contribution in [0, 0.1) is 0 Å². The molecule has 1 amide bonds. The van der Waals surface area contributed by atoms with Crippen LogP contribution < -0.4 is 5.32 Å². The lowest BCUT2D eigenvalue weighted by Gasteiger charge is -2.22. The quantitative estimate of drug-likeness (QED) is 0.832. The van der Waals surface area contributed by atoms with Crippen molar-refractivity contribution in [2.24, 2.45) is 0 Å². The van der Waals surface area contributed by atoms with Crippen molar-refractivity contribution in [2.75, 3.05) is 0 Å². The molecule has 1 heterocycles. The van der Waals surface area contributed by atoms with Gasteiger partial charge in [0.15, 0.2) is 6.10 Å². The summed E-state index contributed by atoms with van der Waals surface area (Å²) in [6, 6.07) is 10.3. The van der Waals surface area contributed by atoms with E-state index in [2.05, 4.69) is 5.32 Å². The molecule has 1 N–H and O–H groups in total. The van der Waals surface area contributed by atoms with Crippen LogP contribution in [0.25, 0.3) is 0 Å². The second-order valence-electron chi connectivity index (χ2n) is 5.23. The number of benzene rings is 1. The van der Waals surface area contributed by atoms with Crippen LogP contribution in [0.3, 0.4) is 0 Å². The smallest absolute Gasteiger partial charge is 0.252 e. The summed E-state index contributed by atoms with van der Waals surface area (Å²) in [4.78, 5) is 12.0. The minimum atomic E-state index is -0.269. The summed E-state index contributed by atoms with van der Waals surface area (Å²) in [6.45, 7) is 0. The maximum atomic E-state index is 12.0. The highest BCUT2D eigenvalue weighted by molar-refractivity contribution is 5.84. The Kier molecular flexibility index (Phi) is 3.33. The van der Waals surface area contributed by atoms with Crippen LogP contribution in [0.15, 0.2) is 30.3 Å². The minimum absolute atomic E-state index is 0.0326. The molecular weight excluding hydrogens is 226 g/mol. The molecule has 0 bridgehead atoms. The molecule has 1 saturated heterocycles. The van der Waals surface area contributed by atoms with Gasteiger partial charge in [0.25, 0.3) is 5.91 Å². The van der Waals surface area contributed by atoms with Crippen molar-refractivity contribution in [3.63, 3.8) is 0 Å². The van der Waals surface area contributed by atoms with E-state index in [9.17, 15) is 4.79 Å². The lowest BCUT2D eigenvalue weighted by atomic mass is 9.95. The molecule has 1 aromatic carbocycles. The molecule has 2 fully saturated rings. The van der Waals surface area contributed by atoms with Crippen LogP contribution in [0.5, 0.6) is 0 Å². The summed E-state index contributed by atoms with van der Waals surface area (Å²) in [5, 5.41) is 3.12. The lowest BCUT2D eigenvalue weighted by Crippen LogP contribution is -2.38. The number of carbonyl (C=O) groups excluding carboxylic acids is 1. The van der Waals surface area contributed by atoms with Gasteiger partial charge in [0, 0.05) is 6.04 Å². The number of carbonyl (C=O) groups is 1. The molecule has 96 valence electrons. The third kappa shape index (κ3) is 2.56. The molecule has 1 saturated carbocycles. The van der Waals surface area contributed by atoms with Gasteiger partial charge >= 0.3 is 0 Å². The number of hydrogen-bond acceptors (Lipinski definition) is 2. The van der Waals surface area contributed by atoms with Crippen LogP contribution in [0.2, 0.25) is 0 Å². The second kappa shape index (κ2) is 5.11. The maximum Gasteiger partial charge on any atom is 0.252 e. The zero-order valence-corrected chi connectivity index (χ0v) is 10.5.